The summed E-state index contributed by atoms with van der Waals surface area (Å²) in [5.41, 5.74) is 0.00163. The fourth-order valence-electron chi connectivity index (χ4n) is 1.38. The minimum atomic E-state index is 0.00163. The van der Waals surface area contributed by atoms with Gasteiger partial charge in [0.25, 0.3) is 0 Å². The zero-order valence-corrected chi connectivity index (χ0v) is 10.4. The van der Waals surface area contributed by atoms with Gasteiger partial charge in [-0.1, -0.05) is 45.4 Å². The molecule has 0 unspecified atom stereocenters. The van der Waals surface area contributed by atoms with Gasteiger partial charge < -0.3 is 4.43 Å². The Balaban J connectivity index is 3.16. The van der Waals surface area contributed by atoms with Crippen molar-refractivity contribution in [2.24, 2.45) is 0 Å². The highest BCUT2D eigenvalue weighted by Crippen LogP contribution is 2.17. The lowest BCUT2D eigenvalue weighted by Crippen LogP contribution is -2.22. The van der Waals surface area contributed by atoms with Gasteiger partial charge in [0.05, 0.1) is 0 Å². The molecule has 0 amide bonds. The molecule has 0 saturated heterocycles. The molecule has 77 valence electrons. The number of hydrogen-bond donors (Lipinski definition) is 0. The predicted octanol–water partition coefficient (Wildman–Crippen LogP) is 3.62. The van der Waals surface area contributed by atoms with Crippen LogP contribution < -0.4 is 0 Å². The average molecular weight is 199 g/mol. The van der Waals surface area contributed by atoms with Crippen LogP contribution in [0.4, 0.5) is 0 Å². The van der Waals surface area contributed by atoms with E-state index in [4.69, 9.17) is 4.43 Å². The van der Waals surface area contributed by atoms with Gasteiger partial charge in [-0.25, -0.2) is 0 Å². The van der Waals surface area contributed by atoms with Crippen LogP contribution in [0.5, 0.6) is 0 Å². The highest BCUT2D eigenvalue weighted by atomic mass is 28.2. The summed E-state index contributed by atoms with van der Waals surface area (Å²) < 4.78 is 5.17. The molecule has 0 atom stereocenters. The summed E-state index contributed by atoms with van der Waals surface area (Å²) in [4.78, 5) is 0. The summed E-state index contributed by atoms with van der Waals surface area (Å²) in [6.07, 6.45) is 9.26. The SMILES string of the molecule is CCCCCCCCC(C)(C)O[Si]. The standard InChI is InChI=1S/C11H23OSi/c1-4-5-6-7-8-9-10-11(2,3)12-13/h4-10H2,1-3H3. The second-order valence-electron chi connectivity index (χ2n) is 4.38. The van der Waals surface area contributed by atoms with E-state index in [1.54, 1.807) is 0 Å². The fraction of sp³-hybridized carbons (Fsp3) is 1.00. The summed E-state index contributed by atoms with van der Waals surface area (Å²) in [7, 11) is 3.11. The zero-order chi connectivity index (χ0) is 10.2. The predicted molar refractivity (Wildman–Crippen MR) is 58.9 cm³/mol. The maximum absolute atomic E-state index is 5.17. The Kier molecular flexibility index (Phi) is 7.67. The minimum Gasteiger partial charge on any atom is -0.414 e. The highest BCUT2D eigenvalue weighted by Gasteiger charge is 2.14. The Hall–Kier alpha value is 0.177. The van der Waals surface area contributed by atoms with Crippen LogP contribution in [0, 0.1) is 0 Å². The third kappa shape index (κ3) is 8.51. The lowest BCUT2D eigenvalue weighted by Gasteiger charge is -2.22. The van der Waals surface area contributed by atoms with E-state index in [0.29, 0.717) is 0 Å². The van der Waals surface area contributed by atoms with E-state index in [0.717, 1.165) is 6.42 Å². The lowest BCUT2D eigenvalue weighted by molar-refractivity contribution is 0.109. The summed E-state index contributed by atoms with van der Waals surface area (Å²) in [5, 5.41) is 0. The van der Waals surface area contributed by atoms with Crippen molar-refractivity contribution in [2.75, 3.05) is 0 Å². The largest absolute Gasteiger partial charge is 0.414 e. The Morgan fingerprint density at radius 3 is 2.08 bits per heavy atom. The van der Waals surface area contributed by atoms with Crippen molar-refractivity contribution in [3.05, 3.63) is 0 Å². The number of hydrogen-bond acceptors (Lipinski definition) is 1. The van der Waals surface area contributed by atoms with Crippen LogP contribution >= 0.6 is 0 Å². The zero-order valence-electron chi connectivity index (χ0n) is 9.36. The van der Waals surface area contributed by atoms with Crippen molar-refractivity contribution < 1.29 is 4.43 Å². The third-order valence-corrected chi connectivity index (χ3v) is 2.96. The van der Waals surface area contributed by atoms with Crippen LogP contribution in [0.3, 0.4) is 0 Å². The molecule has 0 spiro atoms. The van der Waals surface area contributed by atoms with Crippen molar-refractivity contribution >= 4 is 10.5 Å². The maximum atomic E-state index is 5.17. The fourth-order valence-corrected chi connectivity index (χ4v) is 1.48. The van der Waals surface area contributed by atoms with Gasteiger partial charge in [-0.2, -0.15) is 0 Å². The Morgan fingerprint density at radius 1 is 1.00 bits per heavy atom. The lowest BCUT2D eigenvalue weighted by atomic mass is 10.00. The van der Waals surface area contributed by atoms with Gasteiger partial charge in [-0.15, -0.1) is 0 Å². The molecule has 0 N–H and O–H groups in total. The second-order valence-corrected chi connectivity index (χ2v) is 4.58. The van der Waals surface area contributed by atoms with E-state index in [1.165, 1.54) is 38.5 Å². The molecule has 0 aromatic carbocycles. The van der Waals surface area contributed by atoms with Crippen molar-refractivity contribution in [1.29, 1.82) is 0 Å². The molecule has 0 fully saturated rings. The smallest absolute Gasteiger partial charge is 0.246 e. The quantitative estimate of drug-likeness (QED) is 0.428. The molecule has 13 heavy (non-hydrogen) atoms. The molecule has 0 aliphatic heterocycles. The molecule has 0 rings (SSSR count). The Bertz CT molecular complexity index is 113. The molecule has 0 aliphatic rings. The van der Waals surface area contributed by atoms with Crippen LogP contribution in [0.2, 0.25) is 0 Å². The molecule has 1 nitrogen and oxygen atoms in total. The first-order chi connectivity index (χ1) is 6.12. The summed E-state index contributed by atoms with van der Waals surface area (Å²) >= 11 is 0. The van der Waals surface area contributed by atoms with E-state index in [-0.39, 0.29) is 5.60 Å². The Labute approximate surface area is 86.8 Å². The van der Waals surface area contributed by atoms with Crippen LogP contribution in [0.25, 0.3) is 0 Å². The maximum Gasteiger partial charge on any atom is 0.246 e. The molecule has 2 heteroatoms. The summed E-state index contributed by atoms with van der Waals surface area (Å²) in [6.45, 7) is 6.49. The van der Waals surface area contributed by atoms with Crippen LogP contribution in [-0.2, 0) is 4.43 Å². The first-order valence-corrected chi connectivity index (χ1v) is 5.88. The number of rotatable bonds is 8. The van der Waals surface area contributed by atoms with Crippen molar-refractivity contribution in [3.63, 3.8) is 0 Å². The molecule has 0 heterocycles. The summed E-state index contributed by atoms with van der Waals surface area (Å²) in [6, 6.07) is 0. The first-order valence-electron chi connectivity index (χ1n) is 5.47. The monoisotopic (exact) mass is 199 g/mol. The topological polar surface area (TPSA) is 9.23 Å². The van der Waals surface area contributed by atoms with E-state index < -0.39 is 0 Å². The highest BCUT2D eigenvalue weighted by molar-refractivity contribution is 5.98. The van der Waals surface area contributed by atoms with Gasteiger partial charge in [0.15, 0.2) is 0 Å². The second kappa shape index (κ2) is 7.57. The first kappa shape index (κ1) is 13.2. The molecule has 0 aromatic rings. The van der Waals surface area contributed by atoms with Gasteiger partial charge >= 0.3 is 0 Å². The molecule has 0 bridgehead atoms. The van der Waals surface area contributed by atoms with Crippen molar-refractivity contribution in [2.45, 2.75) is 71.3 Å². The molecule has 0 aromatic heterocycles. The van der Waals surface area contributed by atoms with Gasteiger partial charge in [-0.05, 0) is 20.3 Å². The van der Waals surface area contributed by atoms with Crippen molar-refractivity contribution in [1.82, 2.24) is 0 Å². The van der Waals surface area contributed by atoms with Crippen LogP contribution in [0.15, 0.2) is 0 Å². The van der Waals surface area contributed by atoms with Gasteiger partial charge in [-0.3, -0.25) is 0 Å². The molecule has 0 saturated carbocycles. The van der Waals surface area contributed by atoms with Gasteiger partial charge in [0.2, 0.25) is 10.5 Å². The molecular formula is C11H23OSi. The van der Waals surface area contributed by atoms with E-state index >= 15 is 0 Å². The number of unbranched alkanes of at least 4 members (excludes halogenated alkanes) is 5. The summed E-state index contributed by atoms with van der Waals surface area (Å²) in [5.74, 6) is 0. The van der Waals surface area contributed by atoms with Gasteiger partial charge in [0, 0.05) is 5.60 Å². The Morgan fingerprint density at radius 2 is 1.54 bits per heavy atom. The molecule has 0 aliphatic carbocycles. The van der Waals surface area contributed by atoms with E-state index in [9.17, 15) is 0 Å². The average Bonchev–Trinajstić information content (AvgIpc) is 2.11. The minimum absolute atomic E-state index is 0.00163. The van der Waals surface area contributed by atoms with Crippen LogP contribution in [0.1, 0.15) is 65.7 Å². The van der Waals surface area contributed by atoms with E-state index in [1.807, 2.05) is 0 Å². The molecular weight excluding hydrogens is 176 g/mol. The van der Waals surface area contributed by atoms with Crippen molar-refractivity contribution in [3.8, 4) is 0 Å². The van der Waals surface area contributed by atoms with E-state index in [2.05, 4.69) is 31.3 Å². The van der Waals surface area contributed by atoms with Crippen LogP contribution in [-0.4, -0.2) is 16.1 Å². The van der Waals surface area contributed by atoms with Gasteiger partial charge in [0.1, 0.15) is 0 Å². The molecule has 3 radical (unpaired) electrons. The normalized spacial score (nSPS) is 12.0. The third-order valence-electron chi connectivity index (χ3n) is 2.41.